The van der Waals surface area contributed by atoms with Crippen LogP contribution in [0, 0.1) is 0 Å². The van der Waals surface area contributed by atoms with Crippen molar-refractivity contribution in [3.63, 3.8) is 0 Å². The maximum Gasteiger partial charge on any atom is 0.253 e. The SMILES string of the molecule is COc1ccccc1Oc1cc(-c2cccc(C(=O)N(C)C3CCCCC3)c2)ncn1. The molecule has 1 aromatic heterocycles. The third-order valence-corrected chi connectivity index (χ3v) is 5.77. The molecule has 0 radical (unpaired) electrons. The van der Waals surface area contributed by atoms with Crippen LogP contribution in [0.3, 0.4) is 0 Å². The Hall–Kier alpha value is -3.41. The van der Waals surface area contributed by atoms with Gasteiger partial charge in [-0.25, -0.2) is 9.97 Å². The van der Waals surface area contributed by atoms with Crippen molar-refractivity contribution >= 4 is 5.91 Å². The van der Waals surface area contributed by atoms with Crippen molar-refractivity contribution in [2.24, 2.45) is 0 Å². The van der Waals surface area contributed by atoms with Crippen LogP contribution in [0.1, 0.15) is 42.5 Å². The van der Waals surface area contributed by atoms with Gasteiger partial charge >= 0.3 is 0 Å². The lowest BCUT2D eigenvalue weighted by atomic mass is 9.94. The third-order valence-electron chi connectivity index (χ3n) is 5.77. The summed E-state index contributed by atoms with van der Waals surface area (Å²) in [6.45, 7) is 0. The quantitative estimate of drug-likeness (QED) is 0.541. The largest absolute Gasteiger partial charge is 0.493 e. The molecule has 0 unspecified atom stereocenters. The Morgan fingerprint density at radius 3 is 2.52 bits per heavy atom. The van der Waals surface area contributed by atoms with E-state index in [9.17, 15) is 4.79 Å². The van der Waals surface area contributed by atoms with Gasteiger partial charge in [0.15, 0.2) is 11.5 Å². The predicted molar refractivity (Wildman–Crippen MR) is 120 cm³/mol. The minimum atomic E-state index is 0.0494. The molecule has 0 bridgehead atoms. The summed E-state index contributed by atoms with van der Waals surface area (Å²) in [5, 5.41) is 0. The highest BCUT2D eigenvalue weighted by molar-refractivity contribution is 5.95. The number of hydrogen-bond acceptors (Lipinski definition) is 5. The number of hydrogen-bond donors (Lipinski definition) is 0. The molecule has 0 atom stereocenters. The number of amides is 1. The monoisotopic (exact) mass is 417 g/mol. The van der Waals surface area contributed by atoms with Gasteiger partial charge in [0.2, 0.25) is 5.88 Å². The minimum Gasteiger partial charge on any atom is -0.493 e. The number of para-hydroxylation sites is 2. The normalized spacial score (nSPS) is 14.1. The van der Waals surface area contributed by atoms with E-state index in [0.717, 1.165) is 18.4 Å². The summed E-state index contributed by atoms with van der Waals surface area (Å²) in [4.78, 5) is 23.6. The van der Waals surface area contributed by atoms with Gasteiger partial charge in [0, 0.05) is 30.3 Å². The highest BCUT2D eigenvalue weighted by Crippen LogP contribution is 2.31. The van der Waals surface area contributed by atoms with Crippen LogP contribution >= 0.6 is 0 Å². The van der Waals surface area contributed by atoms with Crippen molar-refractivity contribution in [2.45, 2.75) is 38.1 Å². The van der Waals surface area contributed by atoms with Gasteiger partial charge in [-0.2, -0.15) is 0 Å². The van der Waals surface area contributed by atoms with E-state index in [1.54, 1.807) is 13.2 Å². The first-order valence-electron chi connectivity index (χ1n) is 10.7. The van der Waals surface area contributed by atoms with Gasteiger partial charge < -0.3 is 14.4 Å². The number of rotatable bonds is 6. The molecule has 1 saturated carbocycles. The number of carbonyl (C=O) groups excluding carboxylic acids is 1. The Labute approximate surface area is 182 Å². The molecule has 1 heterocycles. The molecule has 1 amide bonds. The van der Waals surface area contributed by atoms with Crippen LogP contribution in [-0.2, 0) is 0 Å². The maximum atomic E-state index is 13.1. The fraction of sp³-hybridized carbons (Fsp3) is 0.320. The maximum absolute atomic E-state index is 13.1. The van der Waals surface area contributed by atoms with E-state index in [1.807, 2.05) is 60.5 Å². The average molecular weight is 418 g/mol. The minimum absolute atomic E-state index is 0.0494. The highest BCUT2D eigenvalue weighted by Gasteiger charge is 2.23. The van der Waals surface area contributed by atoms with Crippen LogP contribution in [0.4, 0.5) is 0 Å². The summed E-state index contributed by atoms with van der Waals surface area (Å²) in [6.07, 6.45) is 7.27. The molecular formula is C25H27N3O3. The van der Waals surface area contributed by atoms with Gasteiger partial charge in [-0.05, 0) is 37.1 Å². The lowest BCUT2D eigenvalue weighted by Gasteiger charge is -2.31. The number of methoxy groups -OCH3 is 1. The van der Waals surface area contributed by atoms with Gasteiger partial charge in [0.25, 0.3) is 5.91 Å². The molecule has 0 aliphatic heterocycles. The van der Waals surface area contributed by atoms with E-state index in [4.69, 9.17) is 9.47 Å². The predicted octanol–water partition coefficient (Wildman–Crippen LogP) is 5.35. The Kier molecular flexibility index (Phi) is 6.46. The summed E-state index contributed by atoms with van der Waals surface area (Å²) in [6, 6.07) is 17.1. The molecule has 1 fully saturated rings. The molecule has 31 heavy (non-hydrogen) atoms. The van der Waals surface area contributed by atoms with Crippen molar-refractivity contribution in [3.05, 3.63) is 66.5 Å². The molecule has 1 aliphatic carbocycles. The average Bonchev–Trinajstić information content (AvgIpc) is 2.84. The van der Waals surface area contributed by atoms with Gasteiger partial charge in [-0.3, -0.25) is 4.79 Å². The van der Waals surface area contributed by atoms with Gasteiger partial charge in [-0.1, -0.05) is 43.5 Å². The van der Waals surface area contributed by atoms with E-state index in [1.165, 1.54) is 25.6 Å². The van der Waals surface area contributed by atoms with Gasteiger partial charge in [0.05, 0.1) is 12.8 Å². The van der Waals surface area contributed by atoms with Crippen molar-refractivity contribution in [1.82, 2.24) is 14.9 Å². The Morgan fingerprint density at radius 1 is 0.968 bits per heavy atom. The fourth-order valence-electron chi connectivity index (χ4n) is 4.02. The lowest BCUT2D eigenvalue weighted by molar-refractivity contribution is 0.0696. The molecule has 3 aromatic rings. The van der Waals surface area contributed by atoms with Crippen LogP contribution in [0.25, 0.3) is 11.3 Å². The molecule has 160 valence electrons. The molecule has 1 aliphatic rings. The number of benzene rings is 2. The van der Waals surface area contributed by atoms with Crippen LogP contribution in [0.15, 0.2) is 60.9 Å². The second kappa shape index (κ2) is 9.60. The van der Waals surface area contributed by atoms with Crippen molar-refractivity contribution in [3.8, 4) is 28.6 Å². The number of carbonyl (C=O) groups is 1. The van der Waals surface area contributed by atoms with E-state index in [-0.39, 0.29) is 5.91 Å². The number of nitrogens with zero attached hydrogens (tertiary/aromatic N) is 3. The second-order valence-electron chi connectivity index (χ2n) is 7.78. The van der Waals surface area contributed by atoms with Crippen LogP contribution in [0.5, 0.6) is 17.4 Å². The molecule has 6 heteroatoms. The summed E-state index contributed by atoms with van der Waals surface area (Å²) < 4.78 is 11.2. The van der Waals surface area contributed by atoms with E-state index in [0.29, 0.717) is 34.7 Å². The first-order valence-corrected chi connectivity index (χ1v) is 10.7. The van der Waals surface area contributed by atoms with E-state index >= 15 is 0 Å². The summed E-state index contributed by atoms with van der Waals surface area (Å²) in [5.74, 6) is 1.66. The zero-order valence-corrected chi connectivity index (χ0v) is 18.0. The van der Waals surface area contributed by atoms with Crippen molar-refractivity contribution in [1.29, 1.82) is 0 Å². The second-order valence-corrected chi connectivity index (χ2v) is 7.78. The topological polar surface area (TPSA) is 64.6 Å². The van der Waals surface area contributed by atoms with Crippen molar-refractivity contribution in [2.75, 3.05) is 14.2 Å². The molecule has 0 saturated heterocycles. The number of ether oxygens (including phenoxy) is 2. The van der Waals surface area contributed by atoms with E-state index in [2.05, 4.69) is 9.97 Å². The Bertz CT molecular complexity index is 1050. The first kappa shape index (κ1) is 20.8. The molecule has 0 N–H and O–H groups in total. The Morgan fingerprint density at radius 2 is 1.74 bits per heavy atom. The van der Waals surface area contributed by atoms with Crippen molar-refractivity contribution < 1.29 is 14.3 Å². The third kappa shape index (κ3) is 4.85. The number of aromatic nitrogens is 2. The lowest BCUT2D eigenvalue weighted by Crippen LogP contribution is -2.38. The standard InChI is InChI=1S/C25H27N3O3/c1-28(20-11-4-3-5-12-20)25(29)19-10-8-9-18(15-19)21-16-24(27-17-26-21)31-23-14-7-6-13-22(23)30-2/h6-10,13-17,20H,3-5,11-12H2,1-2H3. The highest BCUT2D eigenvalue weighted by atomic mass is 16.5. The van der Waals surface area contributed by atoms with Crippen LogP contribution in [-0.4, -0.2) is 41.0 Å². The summed E-state index contributed by atoms with van der Waals surface area (Å²) >= 11 is 0. The zero-order chi connectivity index (χ0) is 21.6. The smallest absolute Gasteiger partial charge is 0.253 e. The summed E-state index contributed by atoms with van der Waals surface area (Å²) in [5.41, 5.74) is 2.20. The molecule has 2 aromatic carbocycles. The molecule has 0 spiro atoms. The first-order chi connectivity index (χ1) is 15.2. The van der Waals surface area contributed by atoms with Gasteiger partial charge in [-0.15, -0.1) is 0 Å². The van der Waals surface area contributed by atoms with Crippen LogP contribution < -0.4 is 9.47 Å². The molecule has 4 rings (SSSR count). The van der Waals surface area contributed by atoms with E-state index < -0.39 is 0 Å². The van der Waals surface area contributed by atoms with Gasteiger partial charge in [0.1, 0.15) is 6.33 Å². The Balaban J connectivity index is 1.55. The zero-order valence-electron chi connectivity index (χ0n) is 18.0. The molecule has 6 nitrogen and oxygen atoms in total. The summed E-state index contributed by atoms with van der Waals surface area (Å²) in [7, 11) is 3.51. The van der Waals surface area contributed by atoms with Crippen LogP contribution in [0.2, 0.25) is 0 Å². The molecular weight excluding hydrogens is 390 g/mol. The fourth-order valence-corrected chi connectivity index (χ4v) is 4.02.